The van der Waals surface area contributed by atoms with E-state index in [2.05, 4.69) is 15.8 Å². The molecule has 9 heteroatoms. The van der Waals surface area contributed by atoms with Gasteiger partial charge >= 0.3 is 5.97 Å². The van der Waals surface area contributed by atoms with Crippen molar-refractivity contribution in [2.24, 2.45) is 0 Å². The molecule has 1 aliphatic rings. The molecule has 3 atom stereocenters. The monoisotopic (exact) mass is 471 g/mol. The van der Waals surface area contributed by atoms with Crippen LogP contribution in [0.1, 0.15) is 45.8 Å². The maximum absolute atomic E-state index is 12.0. The minimum Gasteiger partial charge on any atom is -0.497 e. The third kappa shape index (κ3) is 6.45. The Balaban J connectivity index is 1.76. The van der Waals surface area contributed by atoms with Crippen LogP contribution >= 0.6 is 0 Å². The summed E-state index contributed by atoms with van der Waals surface area (Å²) in [5.74, 6) is 0.149. The van der Waals surface area contributed by atoms with Gasteiger partial charge in [0.15, 0.2) is 5.76 Å². The summed E-state index contributed by atoms with van der Waals surface area (Å²) < 4.78 is 16.9. The number of carbonyl (C=O) groups is 2. The molecule has 0 saturated heterocycles. The van der Waals surface area contributed by atoms with Crippen molar-refractivity contribution in [3.8, 4) is 17.0 Å². The minimum absolute atomic E-state index is 0.0346. The predicted octanol–water partition coefficient (Wildman–Crippen LogP) is 3.30. The number of nitrogens with one attached hydrogen (secondary N) is 2. The number of aromatic nitrogens is 1. The summed E-state index contributed by atoms with van der Waals surface area (Å²) >= 11 is 0. The van der Waals surface area contributed by atoms with Crippen LogP contribution in [-0.2, 0) is 20.9 Å². The summed E-state index contributed by atoms with van der Waals surface area (Å²) in [7, 11) is 1.61. The Kier molecular flexibility index (Phi) is 8.84. The first-order valence-corrected chi connectivity index (χ1v) is 11.5. The van der Waals surface area contributed by atoms with E-state index in [9.17, 15) is 14.7 Å². The van der Waals surface area contributed by atoms with Crippen molar-refractivity contribution < 1.29 is 28.7 Å². The molecular weight excluding hydrogens is 438 g/mol. The van der Waals surface area contributed by atoms with Gasteiger partial charge in [-0.1, -0.05) is 19.0 Å². The highest BCUT2D eigenvalue weighted by Gasteiger charge is 2.37. The van der Waals surface area contributed by atoms with Crippen LogP contribution in [0.5, 0.6) is 5.75 Å². The molecule has 0 fully saturated rings. The van der Waals surface area contributed by atoms with Crippen molar-refractivity contribution >= 4 is 11.9 Å². The molecule has 0 unspecified atom stereocenters. The van der Waals surface area contributed by atoms with Gasteiger partial charge in [0.25, 0.3) is 0 Å². The van der Waals surface area contributed by atoms with E-state index in [-0.39, 0.29) is 30.0 Å². The summed E-state index contributed by atoms with van der Waals surface area (Å²) in [4.78, 5) is 23.8. The number of carboxylic acid groups (broad SMARTS) is 1. The van der Waals surface area contributed by atoms with Gasteiger partial charge in [-0.2, -0.15) is 0 Å². The number of benzene rings is 1. The van der Waals surface area contributed by atoms with E-state index in [4.69, 9.17) is 14.0 Å². The van der Waals surface area contributed by atoms with Crippen LogP contribution in [0.4, 0.5) is 0 Å². The molecule has 3 N–H and O–H groups in total. The number of hydrogen-bond donors (Lipinski definition) is 3. The van der Waals surface area contributed by atoms with Gasteiger partial charge in [0, 0.05) is 30.2 Å². The molecule has 0 saturated carbocycles. The highest BCUT2D eigenvalue weighted by molar-refractivity contribution is 5.87. The number of ether oxygens (including phenoxy) is 2. The van der Waals surface area contributed by atoms with Gasteiger partial charge in [-0.15, -0.1) is 0 Å². The first kappa shape index (κ1) is 25.5. The number of aliphatic carboxylic acids is 1. The van der Waals surface area contributed by atoms with Gasteiger partial charge in [-0.25, -0.2) is 4.79 Å². The molecule has 9 nitrogen and oxygen atoms in total. The van der Waals surface area contributed by atoms with E-state index >= 15 is 0 Å². The van der Waals surface area contributed by atoms with Crippen molar-refractivity contribution in [2.75, 3.05) is 7.11 Å². The Bertz CT molecular complexity index is 996. The van der Waals surface area contributed by atoms with E-state index < -0.39 is 18.1 Å². The van der Waals surface area contributed by atoms with Crippen LogP contribution in [-0.4, -0.2) is 53.5 Å². The Morgan fingerprint density at radius 1 is 1.24 bits per heavy atom. The van der Waals surface area contributed by atoms with E-state index in [0.717, 1.165) is 24.2 Å². The van der Waals surface area contributed by atoms with Crippen molar-refractivity contribution in [3.63, 3.8) is 0 Å². The molecule has 1 aliphatic carbocycles. The normalized spacial score (nSPS) is 20.1. The van der Waals surface area contributed by atoms with Gasteiger partial charge in [-0.05, 0) is 49.6 Å². The zero-order valence-electron chi connectivity index (χ0n) is 20.0. The summed E-state index contributed by atoms with van der Waals surface area (Å²) in [6.07, 6.45) is 2.85. The molecule has 0 radical (unpaired) electrons. The van der Waals surface area contributed by atoms with E-state index in [1.54, 1.807) is 13.2 Å². The summed E-state index contributed by atoms with van der Waals surface area (Å²) in [5.41, 5.74) is 1.83. The highest BCUT2D eigenvalue weighted by atomic mass is 16.5. The van der Waals surface area contributed by atoms with Crippen LogP contribution in [0, 0.1) is 0 Å². The first-order chi connectivity index (χ1) is 16.3. The molecule has 1 aromatic carbocycles. The molecule has 1 amide bonds. The lowest BCUT2D eigenvalue weighted by atomic mass is 9.87. The van der Waals surface area contributed by atoms with E-state index in [0.29, 0.717) is 18.0 Å². The van der Waals surface area contributed by atoms with Crippen molar-refractivity contribution in [1.29, 1.82) is 0 Å². The Morgan fingerprint density at radius 2 is 1.94 bits per heavy atom. The zero-order chi connectivity index (χ0) is 24.7. The molecule has 0 spiro atoms. The number of methoxy groups -OCH3 is 1. The quantitative estimate of drug-likeness (QED) is 0.456. The van der Waals surface area contributed by atoms with Crippen LogP contribution in [0.25, 0.3) is 11.3 Å². The average molecular weight is 472 g/mol. The van der Waals surface area contributed by atoms with Crippen molar-refractivity contribution in [3.05, 3.63) is 47.7 Å². The molecule has 1 aromatic heterocycles. The minimum atomic E-state index is -0.993. The second-order valence-electron chi connectivity index (χ2n) is 8.36. The SMILES string of the molecule is CCC(CC)O[C@@H]1C=C(C(=O)O)C[C@H](NCc2cc(-c3ccc(OC)cc3)no2)[C@H]1NC(C)=O. The number of rotatable bonds is 11. The third-order valence-electron chi connectivity index (χ3n) is 5.98. The van der Waals surface area contributed by atoms with Crippen LogP contribution < -0.4 is 15.4 Å². The number of carboxylic acids is 1. The molecule has 184 valence electrons. The second kappa shape index (κ2) is 11.8. The molecule has 34 heavy (non-hydrogen) atoms. The molecular formula is C25H33N3O6. The van der Waals surface area contributed by atoms with Gasteiger partial charge in [0.1, 0.15) is 11.4 Å². The third-order valence-corrected chi connectivity index (χ3v) is 5.98. The lowest BCUT2D eigenvalue weighted by Gasteiger charge is -2.38. The van der Waals surface area contributed by atoms with Gasteiger partial charge in [0.2, 0.25) is 5.91 Å². The fourth-order valence-electron chi connectivity index (χ4n) is 4.09. The highest BCUT2D eigenvalue weighted by Crippen LogP contribution is 2.26. The van der Waals surface area contributed by atoms with Crippen molar-refractivity contribution in [2.45, 2.75) is 70.9 Å². The number of nitrogens with zero attached hydrogens (tertiary/aromatic N) is 1. The molecule has 0 bridgehead atoms. The smallest absolute Gasteiger partial charge is 0.331 e. The molecule has 2 aromatic rings. The van der Waals surface area contributed by atoms with Gasteiger partial charge in [0.05, 0.1) is 31.9 Å². The van der Waals surface area contributed by atoms with Crippen LogP contribution in [0.3, 0.4) is 0 Å². The van der Waals surface area contributed by atoms with Crippen LogP contribution in [0.2, 0.25) is 0 Å². The average Bonchev–Trinajstić information content (AvgIpc) is 3.31. The summed E-state index contributed by atoms with van der Waals surface area (Å²) in [6, 6.07) is 8.52. The van der Waals surface area contributed by atoms with Gasteiger partial charge in [-0.3, -0.25) is 4.79 Å². The summed E-state index contributed by atoms with van der Waals surface area (Å²) in [6.45, 7) is 5.80. The Morgan fingerprint density at radius 3 is 2.53 bits per heavy atom. The number of hydrogen-bond acceptors (Lipinski definition) is 7. The van der Waals surface area contributed by atoms with Crippen molar-refractivity contribution in [1.82, 2.24) is 15.8 Å². The lowest BCUT2D eigenvalue weighted by molar-refractivity contribution is -0.133. The van der Waals surface area contributed by atoms with Crippen LogP contribution in [0.15, 0.2) is 46.5 Å². The van der Waals surface area contributed by atoms with E-state index in [1.165, 1.54) is 6.92 Å². The lowest BCUT2D eigenvalue weighted by Crippen LogP contribution is -2.58. The Labute approximate surface area is 199 Å². The van der Waals surface area contributed by atoms with E-state index in [1.807, 2.05) is 44.2 Å². The second-order valence-corrected chi connectivity index (χ2v) is 8.36. The largest absolute Gasteiger partial charge is 0.497 e. The molecule has 0 aliphatic heterocycles. The van der Waals surface area contributed by atoms with Gasteiger partial charge < -0.3 is 29.7 Å². The number of amides is 1. The first-order valence-electron chi connectivity index (χ1n) is 11.5. The summed E-state index contributed by atoms with van der Waals surface area (Å²) in [5, 5.41) is 20.1. The fraction of sp³-hybridized carbons (Fsp3) is 0.480. The number of carbonyl (C=O) groups excluding carboxylic acids is 1. The Hall–Kier alpha value is -3.17. The fourth-order valence-corrected chi connectivity index (χ4v) is 4.09. The maximum Gasteiger partial charge on any atom is 0.331 e. The standard InChI is InChI=1S/C25H33N3O6/c1-5-18(6-2)33-23-12-17(25(30)31)11-22(24(23)27-15(3)29)26-14-20-13-21(28-34-20)16-7-9-19(32-4)10-8-16/h7-10,12-13,18,22-24,26H,5-6,11,14H2,1-4H3,(H,27,29)(H,30,31)/t22-,23+,24+/m0/s1. The maximum atomic E-state index is 12.0. The zero-order valence-corrected chi connectivity index (χ0v) is 20.0. The molecule has 3 rings (SSSR count). The topological polar surface area (TPSA) is 123 Å². The predicted molar refractivity (Wildman–Crippen MR) is 126 cm³/mol. The molecule has 1 heterocycles.